The Bertz CT molecular complexity index is 2780. The van der Waals surface area contributed by atoms with Gasteiger partial charge in [0.05, 0.1) is 40.3 Å². The monoisotopic (exact) mass is 674 g/mol. The standard InChI is InChI=1S/C48H42N4/c1-47(2,3)28-31-17-19-45-42(22-31)40-13-9-11-15-44(40)51(45)37-21-33(30-49)20-34(25-37)35-24-36(50-7)27-38(26-35)52-43-14-10-8-12-39(43)41-18-16-32(23-46(41)52)29-48(4,5)6/h8-27H,28-29H2,1-6H3. The molecule has 0 aliphatic heterocycles. The summed E-state index contributed by atoms with van der Waals surface area (Å²) in [5.74, 6) is 0. The fourth-order valence-corrected chi connectivity index (χ4v) is 7.96. The van der Waals surface area contributed by atoms with Crippen molar-refractivity contribution in [2.45, 2.75) is 54.4 Å². The summed E-state index contributed by atoms with van der Waals surface area (Å²) in [6, 6.07) is 45.2. The molecule has 0 spiro atoms. The molecule has 6 aromatic carbocycles. The zero-order valence-electron chi connectivity index (χ0n) is 30.8. The van der Waals surface area contributed by atoms with Gasteiger partial charge in [0, 0.05) is 32.9 Å². The number of aromatic nitrogens is 2. The van der Waals surface area contributed by atoms with E-state index < -0.39 is 0 Å². The summed E-state index contributed by atoms with van der Waals surface area (Å²) in [5, 5.41) is 15.1. The third kappa shape index (κ3) is 6.01. The predicted molar refractivity (Wildman–Crippen MR) is 218 cm³/mol. The normalized spacial score (nSPS) is 12.2. The summed E-state index contributed by atoms with van der Waals surface area (Å²) in [5.41, 5.74) is 12.1. The first-order valence-corrected chi connectivity index (χ1v) is 18.0. The third-order valence-corrected chi connectivity index (χ3v) is 9.87. The number of fused-ring (bicyclic) bond motifs is 6. The Hall–Kier alpha value is -6.10. The van der Waals surface area contributed by atoms with Crippen LogP contribution in [0.1, 0.15) is 58.2 Å². The van der Waals surface area contributed by atoms with E-state index in [2.05, 4.69) is 159 Å². The maximum atomic E-state index is 10.3. The van der Waals surface area contributed by atoms with Gasteiger partial charge in [-0.05, 0) is 113 Å². The van der Waals surface area contributed by atoms with E-state index in [4.69, 9.17) is 6.57 Å². The molecule has 4 nitrogen and oxygen atoms in total. The Morgan fingerprint density at radius 2 is 1.06 bits per heavy atom. The Balaban J connectivity index is 1.34. The van der Waals surface area contributed by atoms with Crippen LogP contribution in [0.5, 0.6) is 0 Å². The minimum Gasteiger partial charge on any atom is -0.310 e. The number of para-hydroxylation sites is 2. The maximum Gasteiger partial charge on any atom is 0.189 e. The van der Waals surface area contributed by atoms with Crippen LogP contribution in [-0.4, -0.2) is 9.13 Å². The minimum atomic E-state index is 0.149. The third-order valence-electron chi connectivity index (χ3n) is 9.87. The van der Waals surface area contributed by atoms with Crippen LogP contribution in [-0.2, 0) is 12.8 Å². The van der Waals surface area contributed by atoms with Crippen LogP contribution in [0.2, 0.25) is 0 Å². The van der Waals surface area contributed by atoms with Gasteiger partial charge in [-0.1, -0.05) is 96.1 Å². The van der Waals surface area contributed by atoms with Crippen LogP contribution >= 0.6 is 0 Å². The first-order chi connectivity index (χ1) is 24.9. The summed E-state index contributed by atoms with van der Waals surface area (Å²) in [7, 11) is 0. The summed E-state index contributed by atoms with van der Waals surface area (Å²) in [6.45, 7) is 21.8. The number of rotatable bonds is 5. The molecule has 0 N–H and O–H groups in total. The zero-order chi connectivity index (χ0) is 36.4. The lowest BCUT2D eigenvalue weighted by Gasteiger charge is -2.18. The Labute approximate surface area is 306 Å². The van der Waals surface area contributed by atoms with Crippen molar-refractivity contribution in [3.8, 4) is 28.6 Å². The highest BCUT2D eigenvalue weighted by atomic mass is 15.0. The Morgan fingerprint density at radius 1 is 0.538 bits per heavy atom. The molecule has 4 heteroatoms. The van der Waals surface area contributed by atoms with Crippen molar-refractivity contribution in [1.29, 1.82) is 5.26 Å². The van der Waals surface area contributed by atoms with E-state index in [0.717, 1.165) is 57.4 Å². The number of hydrogen-bond acceptors (Lipinski definition) is 1. The molecule has 0 amide bonds. The van der Waals surface area contributed by atoms with Gasteiger partial charge in [-0.25, -0.2) is 4.85 Å². The van der Waals surface area contributed by atoms with Crippen molar-refractivity contribution < 1.29 is 0 Å². The lowest BCUT2D eigenvalue weighted by atomic mass is 9.88. The second-order valence-corrected chi connectivity index (χ2v) is 16.6. The van der Waals surface area contributed by atoms with Crippen molar-refractivity contribution in [3.63, 3.8) is 0 Å². The van der Waals surface area contributed by atoms with Gasteiger partial charge < -0.3 is 9.13 Å². The molecule has 52 heavy (non-hydrogen) atoms. The van der Waals surface area contributed by atoms with Gasteiger partial charge in [0.1, 0.15) is 0 Å². The van der Waals surface area contributed by atoms with Gasteiger partial charge in [0.2, 0.25) is 0 Å². The van der Waals surface area contributed by atoms with Gasteiger partial charge in [0.15, 0.2) is 5.69 Å². The molecule has 0 saturated carbocycles. The largest absolute Gasteiger partial charge is 0.310 e. The van der Waals surface area contributed by atoms with Crippen LogP contribution in [0.25, 0.3) is 71.0 Å². The highest BCUT2D eigenvalue weighted by Crippen LogP contribution is 2.39. The van der Waals surface area contributed by atoms with Gasteiger partial charge in [0.25, 0.3) is 0 Å². The van der Waals surface area contributed by atoms with Crippen molar-refractivity contribution in [2.75, 3.05) is 0 Å². The van der Waals surface area contributed by atoms with Crippen molar-refractivity contribution in [3.05, 3.63) is 149 Å². The Kier molecular flexibility index (Phi) is 7.82. The van der Waals surface area contributed by atoms with E-state index in [1.807, 2.05) is 24.3 Å². The first-order valence-electron chi connectivity index (χ1n) is 18.0. The van der Waals surface area contributed by atoms with Crippen LogP contribution in [0.3, 0.4) is 0 Å². The summed E-state index contributed by atoms with van der Waals surface area (Å²) < 4.78 is 4.57. The molecule has 8 aromatic rings. The fraction of sp³-hybridized carbons (Fsp3) is 0.208. The molecular formula is C48H42N4. The van der Waals surface area contributed by atoms with Crippen LogP contribution < -0.4 is 0 Å². The second-order valence-electron chi connectivity index (χ2n) is 16.6. The van der Waals surface area contributed by atoms with Gasteiger partial charge in [-0.3, -0.25) is 0 Å². The molecule has 2 heterocycles. The molecular weight excluding hydrogens is 633 g/mol. The van der Waals surface area contributed by atoms with Gasteiger partial charge in [-0.2, -0.15) is 5.26 Å². The van der Waals surface area contributed by atoms with Crippen LogP contribution in [0.4, 0.5) is 5.69 Å². The lowest BCUT2D eigenvalue weighted by Crippen LogP contribution is -2.09. The van der Waals surface area contributed by atoms with Crippen molar-refractivity contribution >= 4 is 49.3 Å². The smallest absolute Gasteiger partial charge is 0.189 e. The van der Waals surface area contributed by atoms with Crippen molar-refractivity contribution in [1.82, 2.24) is 9.13 Å². The predicted octanol–water partition coefficient (Wildman–Crippen LogP) is 13.1. The average molecular weight is 675 g/mol. The number of nitrogens with zero attached hydrogens (tertiary/aromatic N) is 4. The second kappa shape index (κ2) is 12.3. The quantitative estimate of drug-likeness (QED) is 0.167. The molecule has 0 radical (unpaired) electrons. The molecule has 254 valence electrons. The van der Waals surface area contributed by atoms with E-state index in [1.54, 1.807) is 0 Å². The topological polar surface area (TPSA) is 38.0 Å². The fourth-order valence-electron chi connectivity index (χ4n) is 7.96. The highest BCUT2D eigenvalue weighted by molar-refractivity contribution is 6.10. The summed E-state index contributed by atoms with van der Waals surface area (Å²) in [6.07, 6.45) is 1.95. The molecule has 0 saturated heterocycles. The molecule has 0 fully saturated rings. The molecule has 0 atom stereocenters. The van der Waals surface area contributed by atoms with E-state index in [-0.39, 0.29) is 10.8 Å². The summed E-state index contributed by atoms with van der Waals surface area (Å²) >= 11 is 0. The zero-order valence-corrected chi connectivity index (χ0v) is 30.8. The minimum absolute atomic E-state index is 0.149. The molecule has 0 bridgehead atoms. The molecule has 0 aliphatic carbocycles. The number of benzene rings is 6. The van der Waals surface area contributed by atoms with E-state index in [1.165, 1.54) is 32.7 Å². The molecule has 2 aromatic heterocycles. The Morgan fingerprint density at radius 3 is 1.69 bits per heavy atom. The molecule has 0 aliphatic rings. The van der Waals surface area contributed by atoms with E-state index in [0.29, 0.717) is 11.3 Å². The van der Waals surface area contributed by atoms with Crippen LogP contribution in [0.15, 0.2) is 121 Å². The van der Waals surface area contributed by atoms with E-state index >= 15 is 0 Å². The van der Waals surface area contributed by atoms with Gasteiger partial charge >= 0.3 is 0 Å². The van der Waals surface area contributed by atoms with Crippen molar-refractivity contribution in [2.24, 2.45) is 10.8 Å². The van der Waals surface area contributed by atoms with Gasteiger partial charge in [-0.15, -0.1) is 0 Å². The number of nitriles is 1. The molecule has 0 unspecified atom stereocenters. The number of hydrogen-bond donors (Lipinski definition) is 0. The highest BCUT2D eigenvalue weighted by Gasteiger charge is 2.19. The van der Waals surface area contributed by atoms with E-state index in [9.17, 15) is 5.26 Å². The average Bonchev–Trinajstić information content (AvgIpc) is 3.62. The van der Waals surface area contributed by atoms with Crippen LogP contribution in [0, 0.1) is 28.7 Å². The SMILES string of the molecule is [C-]#[N+]c1cc(-c2cc(C#N)cc(-n3c4ccccc4c4cc(CC(C)(C)C)ccc43)c2)cc(-n2c3ccccc3c3ccc(CC(C)(C)C)cc32)c1. The maximum absolute atomic E-state index is 10.3. The first kappa shape index (κ1) is 33.1. The lowest BCUT2D eigenvalue weighted by molar-refractivity contribution is 0.411. The summed E-state index contributed by atoms with van der Waals surface area (Å²) in [4.78, 5) is 3.95. The molecule has 8 rings (SSSR count).